The van der Waals surface area contributed by atoms with Crippen LogP contribution in [0, 0.1) is 17.5 Å². The Morgan fingerprint density at radius 2 is 1.70 bits per heavy atom. The van der Waals surface area contributed by atoms with Crippen LogP contribution in [-0.4, -0.2) is 17.2 Å². The molecule has 2 aromatic rings. The summed E-state index contributed by atoms with van der Waals surface area (Å²) in [6, 6.07) is 10.0. The summed E-state index contributed by atoms with van der Waals surface area (Å²) < 4.78 is 44.3. The molecule has 0 saturated carbocycles. The van der Waals surface area contributed by atoms with Crippen LogP contribution in [0.15, 0.2) is 42.5 Å². The fourth-order valence-electron chi connectivity index (χ4n) is 2.04. The summed E-state index contributed by atoms with van der Waals surface area (Å²) in [4.78, 5) is 11.6. The second-order valence-corrected chi connectivity index (χ2v) is 5.07. The lowest BCUT2D eigenvalue weighted by Gasteiger charge is -2.11. The SMILES string of the molecule is O=C(C[C@@H](O)Cc1cc(F)c(F)cc1F)OCc1ccccc1. The third-order valence-electron chi connectivity index (χ3n) is 3.19. The Labute approximate surface area is 131 Å². The van der Waals surface area contributed by atoms with Crippen molar-refractivity contribution in [2.75, 3.05) is 0 Å². The van der Waals surface area contributed by atoms with Crippen LogP contribution in [0.3, 0.4) is 0 Å². The Morgan fingerprint density at radius 3 is 2.39 bits per heavy atom. The first kappa shape index (κ1) is 17.0. The molecule has 0 unspecified atom stereocenters. The van der Waals surface area contributed by atoms with E-state index in [1.807, 2.05) is 6.07 Å². The van der Waals surface area contributed by atoms with Gasteiger partial charge in [0.2, 0.25) is 0 Å². The normalized spacial score (nSPS) is 12.0. The minimum Gasteiger partial charge on any atom is -0.461 e. The average molecular weight is 324 g/mol. The van der Waals surface area contributed by atoms with Gasteiger partial charge in [0, 0.05) is 12.5 Å². The molecule has 0 aliphatic rings. The third-order valence-corrected chi connectivity index (χ3v) is 3.19. The summed E-state index contributed by atoms with van der Waals surface area (Å²) >= 11 is 0. The van der Waals surface area contributed by atoms with E-state index in [-0.39, 0.29) is 25.0 Å². The summed E-state index contributed by atoms with van der Waals surface area (Å²) in [5.74, 6) is -4.15. The highest BCUT2D eigenvalue weighted by atomic mass is 19.2. The molecule has 1 atom stereocenters. The van der Waals surface area contributed by atoms with E-state index in [4.69, 9.17) is 4.74 Å². The molecule has 2 aromatic carbocycles. The summed E-state index contributed by atoms with van der Waals surface area (Å²) in [7, 11) is 0. The van der Waals surface area contributed by atoms with Crippen molar-refractivity contribution in [1.82, 2.24) is 0 Å². The molecule has 0 heterocycles. The molecular formula is C17H15F3O3. The number of hydrogen-bond donors (Lipinski definition) is 1. The molecule has 3 nitrogen and oxygen atoms in total. The van der Waals surface area contributed by atoms with Crippen LogP contribution in [0.5, 0.6) is 0 Å². The van der Waals surface area contributed by atoms with Gasteiger partial charge in [0.05, 0.1) is 12.5 Å². The number of carbonyl (C=O) groups is 1. The number of halogens is 3. The maximum absolute atomic E-state index is 13.5. The van der Waals surface area contributed by atoms with Crippen molar-refractivity contribution in [3.05, 3.63) is 71.0 Å². The first-order valence-corrected chi connectivity index (χ1v) is 6.96. The largest absolute Gasteiger partial charge is 0.461 e. The van der Waals surface area contributed by atoms with Gasteiger partial charge in [-0.05, 0) is 17.2 Å². The minimum absolute atomic E-state index is 0.0614. The van der Waals surface area contributed by atoms with Crippen molar-refractivity contribution >= 4 is 5.97 Å². The zero-order chi connectivity index (χ0) is 16.8. The molecule has 0 aliphatic heterocycles. The summed E-state index contributed by atoms with van der Waals surface area (Å²) in [5, 5.41) is 9.77. The molecule has 0 saturated heterocycles. The topological polar surface area (TPSA) is 46.5 Å². The molecule has 2 rings (SSSR count). The van der Waals surface area contributed by atoms with Gasteiger partial charge in [0.25, 0.3) is 0 Å². The van der Waals surface area contributed by atoms with Crippen molar-refractivity contribution in [1.29, 1.82) is 0 Å². The van der Waals surface area contributed by atoms with E-state index in [0.29, 0.717) is 12.1 Å². The van der Waals surface area contributed by atoms with Crippen molar-refractivity contribution in [3.63, 3.8) is 0 Å². The number of esters is 1. The van der Waals surface area contributed by atoms with Crippen molar-refractivity contribution in [2.45, 2.75) is 25.6 Å². The van der Waals surface area contributed by atoms with Crippen LogP contribution in [0.1, 0.15) is 17.5 Å². The van der Waals surface area contributed by atoms with Crippen LogP contribution in [0.2, 0.25) is 0 Å². The highest BCUT2D eigenvalue weighted by molar-refractivity contribution is 5.70. The Bertz CT molecular complexity index is 674. The molecule has 6 heteroatoms. The molecule has 0 bridgehead atoms. The molecule has 0 radical (unpaired) electrons. The molecule has 1 N–H and O–H groups in total. The molecule has 0 spiro atoms. The minimum atomic E-state index is -1.30. The predicted molar refractivity (Wildman–Crippen MR) is 76.9 cm³/mol. The highest BCUT2D eigenvalue weighted by Crippen LogP contribution is 2.16. The lowest BCUT2D eigenvalue weighted by molar-refractivity contribution is -0.147. The smallest absolute Gasteiger partial charge is 0.308 e. The first-order valence-electron chi connectivity index (χ1n) is 6.96. The molecule has 0 aliphatic carbocycles. The van der Waals surface area contributed by atoms with Crippen LogP contribution >= 0.6 is 0 Å². The Kier molecular flexibility index (Phi) is 5.76. The summed E-state index contributed by atoms with van der Waals surface area (Å²) in [6.07, 6.45) is -1.94. The zero-order valence-electron chi connectivity index (χ0n) is 12.1. The molecule has 0 fully saturated rings. The van der Waals surface area contributed by atoms with Gasteiger partial charge in [0.15, 0.2) is 11.6 Å². The Balaban J connectivity index is 1.85. The van der Waals surface area contributed by atoms with E-state index in [0.717, 1.165) is 5.56 Å². The van der Waals surface area contributed by atoms with Crippen molar-refractivity contribution in [3.8, 4) is 0 Å². The van der Waals surface area contributed by atoms with E-state index in [1.165, 1.54) is 0 Å². The maximum atomic E-state index is 13.5. The second kappa shape index (κ2) is 7.78. The van der Waals surface area contributed by atoms with E-state index < -0.39 is 29.5 Å². The number of aliphatic hydroxyl groups is 1. The van der Waals surface area contributed by atoms with Crippen molar-refractivity contribution < 1.29 is 27.8 Å². The zero-order valence-corrected chi connectivity index (χ0v) is 12.1. The lowest BCUT2D eigenvalue weighted by Crippen LogP contribution is -2.19. The van der Waals surface area contributed by atoms with Gasteiger partial charge in [0.1, 0.15) is 12.4 Å². The van der Waals surface area contributed by atoms with E-state index in [1.54, 1.807) is 24.3 Å². The number of carbonyl (C=O) groups excluding carboxylic acids is 1. The quantitative estimate of drug-likeness (QED) is 0.656. The number of hydrogen-bond acceptors (Lipinski definition) is 3. The van der Waals surface area contributed by atoms with Crippen LogP contribution in [0.25, 0.3) is 0 Å². The predicted octanol–water partition coefficient (Wildman–Crippen LogP) is 3.14. The number of aliphatic hydroxyl groups excluding tert-OH is 1. The van der Waals surface area contributed by atoms with Crippen LogP contribution in [0.4, 0.5) is 13.2 Å². The van der Waals surface area contributed by atoms with Gasteiger partial charge in [-0.25, -0.2) is 13.2 Å². The van der Waals surface area contributed by atoms with Gasteiger partial charge in [-0.2, -0.15) is 0 Å². The number of ether oxygens (including phenoxy) is 1. The van der Waals surface area contributed by atoms with Gasteiger partial charge < -0.3 is 9.84 Å². The summed E-state index contributed by atoms with van der Waals surface area (Å²) in [6.45, 7) is 0.0614. The third kappa shape index (κ3) is 5.10. The molecule has 0 amide bonds. The fraction of sp³-hybridized carbons (Fsp3) is 0.235. The standard InChI is InChI=1S/C17H15F3O3/c18-14-9-16(20)15(19)7-12(14)6-13(21)8-17(22)23-10-11-4-2-1-3-5-11/h1-5,7,9,13,21H,6,8,10H2/t13-/m0/s1. The van der Waals surface area contributed by atoms with Crippen LogP contribution in [-0.2, 0) is 22.6 Å². The first-order chi connectivity index (χ1) is 11.0. The van der Waals surface area contributed by atoms with E-state index in [9.17, 15) is 23.1 Å². The Morgan fingerprint density at radius 1 is 1.04 bits per heavy atom. The monoisotopic (exact) mass is 324 g/mol. The van der Waals surface area contributed by atoms with Gasteiger partial charge >= 0.3 is 5.97 Å². The molecule has 23 heavy (non-hydrogen) atoms. The van der Waals surface area contributed by atoms with Crippen LogP contribution < -0.4 is 0 Å². The van der Waals surface area contributed by atoms with E-state index in [2.05, 4.69) is 0 Å². The van der Waals surface area contributed by atoms with Gasteiger partial charge in [-0.15, -0.1) is 0 Å². The fourth-order valence-corrected chi connectivity index (χ4v) is 2.04. The lowest BCUT2D eigenvalue weighted by atomic mass is 10.0. The van der Waals surface area contributed by atoms with Crippen molar-refractivity contribution in [2.24, 2.45) is 0 Å². The summed E-state index contributed by atoms with van der Waals surface area (Å²) in [5.41, 5.74) is 0.592. The number of benzene rings is 2. The Hall–Kier alpha value is -2.34. The van der Waals surface area contributed by atoms with Gasteiger partial charge in [-0.1, -0.05) is 30.3 Å². The highest BCUT2D eigenvalue weighted by Gasteiger charge is 2.17. The van der Waals surface area contributed by atoms with Gasteiger partial charge in [-0.3, -0.25) is 4.79 Å². The van der Waals surface area contributed by atoms with E-state index >= 15 is 0 Å². The second-order valence-electron chi connectivity index (χ2n) is 5.07. The number of rotatable bonds is 6. The molecular weight excluding hydrogens is 309 g/mol. The molecule has 0 aromatic heterocycles. The molecule has 122 valence electrons. The average Bonchev–Trinajstić information content (AvgIpc) is 2.51. The maximum Gasteiger partial charge on any atom is 0.308 e.